The van der Waals surface area contributed by atoms with E-state index < -0.39 is 28.0 Å². The van der Waals surface area contributed by atoms with Crippen molar-refractivity contribution >= 4 is 26.7 Å². The van der Waals surface area contributed by atoms with Crippen molar-refractivity contribution in [1.29, 1.82) is 5.26 Å². The van der Waals surface area contributed by atoms with Crippen LogP contribution in [-0.4, -0.2) is 43.2 Å². The number of carbonyl (C=O) groups excluding carboxylic acids is 1. The second kappa shape index (κ2) is 8.49. The summed E-state index contributed by atoms with van der Waals surface area (Å²) in [6.07, 6.45) is 1.15. The van der Waals surface area contributed by atoms with Gasteiger partial charge in [0.2, 0.25) is 0 Å². The Morgan fingerprint density at radius 2 is 1.81 bits per heavy atom. The van der Waals surface area contributed by atoms with Crippen LogP contribution in [0.5, 0.6) is 0 Å². The van der Waals surface area contributed by atoms with E-state index in [-0.39, 0.29) is 22.0 Å². The number of piperidine rings is 1. The van der Waals surface area contributed by atoms with E-state index in [1.165, 1.54) is 24.3 Å². The number of nitrogens with zero attached hydrogens (tertiary/aromatic N) is 3. The Kier molecular flexibility index (Phi) is 5.89. The molecule has 0 amide bonds. The summed E-state index contributed by atoms with van der Waals surface area (Å²) < 4.78 is 43.1. The monoisotopic (exact) mass is 453 g/mol. The Labute approximate surface area is 186 Å². The molecule has 3 aromatic rings. The van der Waals surface area contributed by atoms with E-state index in [9.17, 15) is 13.2 Å². The zero-order valence-electron chi connectivity index (χ0n) is 18.0. The Balaban J connectivity index is 1.91. The zero-order chi connectivity index (χ0) is 23.0. The van der Waals surface area contributed by atoms with Gasteiger partial charge in [-0.05, 0) is 81.7 Å². The van der Waals surface area contributed by atoms with Crippen molar-refractivity contribution in [3.05, 3.63) is 65.1 Å². The number of hydrogen-bond donors (Lipinski definition) is 0. The van der Waals surface area contributed by atoms with Gasteiger partial charge in [0.05, 0.1) is 16.5 Å². The first kappa shape index (κ1) is 22.2. The molecule has 1 fully saturated rings. The molecule has 6 nitrogen and oxygen atoms in total. The predicted octanol–water partition coefficient (Wildman–Crippen LogP) is 4.23. The zero-order valence-corrected chi connectivity index (χ0v) is 18.8. The topological polar surface area (TPSA) is 83.2 Å². The molecule has 0 spiro atoms. The van der Waals surface area contributed by atoms with Gasteiger partial charge in [0.1, 0.15) is 17.9 Å². The molecule has 2 aromatic carbocycles. The molecule has 1 saturated heterocycles. The average Bonchev–Trinajstić information content (AvgIpc) is 3.13. The van der Waals surface area contributed by atoms with Crippen molar-refractivity contribution in [2.45, 2.75) is 37.0 Å². The molecule has 8 heteroatoms. The van der Waals surface area contributed by atoms with Crippen LogP contribution in [0.4, 0.5) is 4.39 Å². The molecule has 0 atom stereocenters. The largest absolute Gasteiger partial charge is 0.306 e. The van der Waals surface area contributed by atoms with Crippen LogP contribution < -0.4 is 0 Å². The lowest BCUT2D eigenvalue weighted by Gasteiger charge is -2.29. The molecule has 0 unspecified atom stereocenters. The molecule has 1 aromatic heterocycles. The molecule has 0 bridgehead atoms. The molecular weight excluding hydrogens is 429 g/mol. The molecule has 0 radical (unpaired) electrons. The number of carbonyl (C=O) groups is 1. The SMILES string of the molecule is Cc1ccc(S(=O)(=O)n2c(C(=O)CC#N)cc3cc(C4CCN(C)CC4)c(F)cc32)cc1. The van der Waals surface area contributed by atoms with Crippen molar-refractivity contribution in [2.24, 2.45) is 0 Å². The lowest BCUT2D eigenvalue weighted by atomic mass is 9.88. The third kappa shape index (κ3) is 3.94. The van der Waals surface area contributed by atoms with E-state index in [0.29, 0.717) is 10.9 Å². The van der Waals surface area contributed by atoms with Gasteiger partial charge in [-0.1, -0.05) is 17.7 Å². The summed E-state index contributed by atoms with van der Waals surface area (Å²) >= 11 is 0. The number of benzene rings is 2. The van der Waals surface area contributed by atoms with E-state index in [2.05, 4.69) is 4.90 Å². The summed E-state index contributed by atoms with van der Waals surface area (Å²) in [6, 6.07) is 12.3. The van der Waals surface area contributed by atoms with Crippen LogP contribution in [0.25, 0.3) is 10.9 Å². The van der Waals surface area contributed by atoms with E-state index in [1.807, 2.05) is 14.0 Å². The predicted molar refractivity (Wildman–Crippen MR) is 120 cm³/mol. The Bertz CT molecular complexity index is 1330. The summed E-state index contributed by atoms with van der Waals surface area (Å²) in [6.45, 7) is 3.55. The van der Waals surface area contributed by atoms with E-state index in [1.54, 1.807) is 24.3 Å². The van der Waals surface area contributed by atoms with E-state index in [0.717, 1.165) is 35.5 Å². The maximum Gasteiger partial charge on any atom is 0.268 e. The average molecular weight is 454 g/mol. The number of aryl methyl sites for hydroxylation is 1. The number of fused-ring (bicyclic) bond motifs is 1. The summed E-state index contributed by atoms with van der Waals surface area (Å²) in [5.74, 6) is -1.07. The highest BCUT2D eigenvalue weighted by Crippen LogP contribution is 2.35. The number of likely N-dealkylation sites (tertiary alicyclic amines) is 1. The third-order valence-corrected chi connectivity index (χ3v) is 7.86. The van der Waals surface area contributed by atoms with Gasteiger partial charge < -0.3 is 4.90 Å². The summed E-state index contributed by atoms with van der Waals surface area (Å²) in [5, 5.41) is 9.47. The van der Waals surface area contributed by atoms with Crippen LogP contribution in [0.2, 0.25) is 0 Å². The van der Waals surface area contributed by atoms with Crippen LogP contribution in [0.3, 0.4) is 0 Å². The fraction of sp³-hybridized carbons (Fsp3) is 0.333. The van der Waals surface area contributed by atoms with Crippen LogP contribution in [0.15, 0.2) is 47.4 Å². The number of ketones is 1. The van der Waals surface area contributed by atoms with Crippen LogP contribution >= 0.6 is 0 Å². The lowest BCUT2D eigenvalue weighted by molar-refractivity contribution is 0.0992. The Morgan fingerprint density at radius 3 is 2.44 bits per heavy atom. The summed E-state index contributed by atoms with van der Waals surface area (Å²) in [5.41, 5.74) is 1.38. The van der Waals surface area contributed by atoms with Crippen molar-refractivity contribution in [3.8, 4) is 6.07 Å². The minimum Gasteiger partial charge on any atom is -0.306 e. The molecule has 0 N–H and O–H groups in total. The van der Waals surface area contributed by atoms with Crippen molar-refractivity contribution in [3.63, 3.8) is 0 Å². The van der Waals surface area contributed by atoms with Gasteiger partial charge in [0.15, 0.2) is 5.78 Å². The number of nitriles is 1. The summed E-state index contributed by atoms with van der Waals surface area (Å²) in [4.78, 5) is 14.9. The first-order chi connectivity index (χ1) is 15.2. The maximum atomic E-state index is 15.2. The van der Waals surface area contributed by atoms with Crippen molar-refractivity contribution < 1.29 is 17.6 Å². The van der Waals surface area contributed by atoms with Crippen LogP contribution in [-0.2, 0) is 10.0 Å². The van der Waals surface area contributed by atoms with Gasteiger partial charge in [-0.2, -0.15) is 5.26 Å². The standard InChI is InChI=1S/C24H24FN3O3S/c1-16-3-5-19(6-4-16)32(30,31)28-22-15-21(25)20(17-8-11-27(2)12-9-17)13-18(22)14-23(28)24(29)7-10-26/h3-6,13-15,17H,7-9,11-12H2,1-2H3. The molecule has 166 valence electrons. The van der Waals surface area contributed by atoms with Gasteiger partial charge in [0, 0.05) is 5.39 Å². The molecule has 1 aliphatic heterocycles. The van der Waals surface area contributed by atoms with Gasteiger partial charge in [-0.25, -0.2) is 16.8 Å². The first-order valence-corrected chi connectivity index (χ1v) is 11.9. The van der Waals surface area contributed by atoms with Crippen LogP contribution in [0.1, 0.15) is 46.8 Å². The highest BCUT2D eigenvalue weighted by molar-refractivity contribution is 7.90. The molecule has 2 heterocycles. The fourth-order valence-corrected chi connectivity index (χ4v) is 5.81. The Morgan fingerprint density at radius 1 is 1.16 bits per heavy atom. The highest BCUT2D eigenvalue weighted by Gasteiger charge is 2.28. The molecule has 0 aliphatic carbocycles. The van der Waals surface area contributed by atoms with Gasteiger partial charge in [0.25, 0.3) is 10.0 Å². The molecule has 4 rings (SSSR count). The smallest absolute Gasteiger partial charge is 0.268 e. The number of aromatic nitrogens is 1. The molecular formula is C24H24FN3O3S. The minimum absolute atomic E-state index is 0.00795. The number of rotatable bonds is 5. The van der Waals surface area contributed by atoms with Gasteiger partial charge in [-0.3, -0.25) is 4.79 Å². The second-order valence-electron chi connectivity index (χ2n) is 8.38. The van der Waals surface area contributed by atoms with E-state index >= 15 is 4.39 Å². The minimum atomic E-state index is -4.18. The number of Topliss-reactive ketones (excluding diaryl/α,β-unsaturated/α-hetero) is 1. The Hall–Kier alpha value is -3.02. The quantitative estimate of drug-likeness (QED) is 0.540. The normalized spacial score (nSPS) is 15.7. The van der Waals surface area contributed by atoms with E-state index in [4.69, 9.17) is 5.26 Å². The molecule has 1 aliphatic rings. The van der Waals surface area contributed by atoms with Crippen LogP contribution in [0, 0.1) is 24.1 Å². The second-order valence-corrected chi connectivity index (χ2v) is 10.2. The molecule has 0 saturated carbocycles. The maximum absolute atomic E-state index is 15.2. The third-order valence-electron chi connectivity index (χ3n) is 6.12. The van der Waals surface area contributed by atoms with Crippen molar-refractivity contribution in [1.82, 2.24) is 8.87 Å². The van der Waals surface area contributed by atoms with Gasteiger partial charge >= 0.3 is 0 Å². The number of hydrogen-bond acceptors (Lipinski definition) is 5. The molecule has 32 heavy (non-hydrogen) atoms. The summed E-state index contributed by atoms with van der Waals surface area (Å²) in [7, 11) is -2.15. The highest BCUT2D eigenvalue weighted by atomic mass is 32.2. The van der Waals surface area contributed by atoms with Gasteiger partial charge in [-0.15, -0.1) is 0 Å². The fourth-order valence-electron chi connectivity index (χ4n) is 4.29. The lowest BCUT2D eigenvalue weighted by Crippen LogP contribution is -2.29. The number of halogens is 1. The first-order valence-electron chi connectivity index (χ1n) is 10.5. The van der Waals surface area contributed by atoms with Crippen molar-refractivity contribution in [2.75, 3.05) is 20.1 Å².